The van der Waals surface area contributed by atoms with Crippen LogP contribution in [0.2, 0.25) is 0 Å². The zero-order valence-electron chi connectivity index (χ0n) is 17.8. The van der Waals surface area contributed by atoms with Gasteiger partial charge in [-0.15, -0.1) is 0 Å². The number of ether oxygens (including phenoxy) is 1. The highest BCUT2D eigenvalue weighted by Crippen LogP contribution is 2.32. The molecule has 5 nitrogen and oxygen atoms in total. The van der Waals surface area contributed by atoms with E-state index in [1.54, 1.807) is 0 Å². The summed E-state index contributed by atoms with van der Waals surface area (Å²) in [7, 11) is 0. The zero-order valence-corrected chi connectivity index (χ0v) is 18.5. The van der Waals surface area contributed by atoms with Gasteiger partial charge in [-0.1, -0.05) is 41.9 Å². The Morgan fingerprint density at radius 3 is 2.72 bits per heavy atom. The van der Waals surface area contributed by atoms with E-state index in [1.807, 2.05) is 12.2 Å². The summed E-state index contributed by atoms with van der Waals surface area (Å²) < 4.78 is 6.36. The predicted octanol–water partition coefficient (Wildman–Crippen LogP) is 4.15. The maximum atomic E-state index is 6.36. The maximum absolute atomic E-state index is 6.36. The van der Waals surface area contributed by atoms with Crippen LogP contribution in [0.25, 0.3) is 16.8 Å². The summed E-state index contributed by atoms with van der Waals surface area (Å²) in [5.74, 6) is 1.37. The van der Waals surface area contributed by atoms with Gasteiger partial charge in [-0.05, 0) is 60.7 Å². The first-order valence-corrected chi connectivity index (χ1v) is 11.7. The van der Waals surface area contributed by atoms with Gasteiger partial charge in [0.05, 0.1) is 41.3 Å². The van der Waals surface area contributed by atoms with Crippen molar-refractivity contribution < 1.29 is 4.74 Å². The van der Waals surface area contributed by atoms with Crippen LogP contribution < -0.4 is 20.9 Å². The van der Waals surface area contributed by atoms with Gasteiger partial charge in [0.1, 0.15) is 5.75 Å². The second-order valence-corrected chi connectivity index (χ2v) is 9.18. The minimum absolute atomic E-state index is 0.247. The molecule has 0 bridgehead atoms. The topological polar surface area (TPSA) is 61.8 Å². The summed E-state index contributed by atoms with van der Waals surface area (Å²) in [6.45, 7) is 1.30. The number of hydrogen-bond donors (Lipinski definition) is 2. The number of hydrogen-bond acceptors (Lipinski definition) is 4. The van der Waals surface area contributed by atoms with Gasteiger partial charge < -0.3 is 15.1 Å². The number of nitrogens with one attached hydrogen (secondary N) is 2. The fourth-order valence-electron chi connectivity index (χ4n) is 5.09. The Balaban J connectivity index is 1.18. The van der Waals surface area contributed by atoms with E-state index in [0.717, 1.165) is 58.6 Å². The Morgan fingerprint density at radius 2 is 1.84 bits per heavy atom. The zero-order chi connectivity index (χ0) is 21.5. The molecule has 2 N–H and O–H groups in total. The molecule has 2 aliphatic heterocycles. The summed E-state index contributed by atoms with van der Waals surface area (Å²) in [5.41, 5.74) is 6.68. The molecule has 2 aromatic carbocycles. The van der Waals surface area contributed by atoms with E-state index < -0.39 is 0 Å². The van der Waals surface area contributed by atoms with Crippen LogP contribution >= 0.6 is 11.6 Å². The lowest BCUT2D eigenvalue weighted by Gasteiger charge is -2.30. The molecule has 1 saturated carbocycles. The molecule has 0 atom stereocenters. The third-order valence-electron chi connectivity index (χ3n) is 6.72. The molecule has 6 rings (SSSR count). The first-order valence-electron chi connectivity index (χ1n) is 11.3. The first-order chi connectivity index (χ1) is 15.7. The van der Waals surface area contributed by atoms with Crippen molar-refractivity contribution in [3.8, 4) is 5.75 Å². The van der Waals surface area contributed by atoms with Gasteiger partial charge in [0.15, 0.2) is 0 Å². The van der Waals surface area contributed by atoms with Crippen molar-refractivity contribution in [1.82, 2.24) is 10.4 Å². The fourth-order valence-corrected chi connectivity index (χ4v) is 5.27. The predicted molar refractivity (Wildman–Crippen MR) is 129 cm³/mol. The molecule has 6 heteroatoms. The van der Waals surface area contributed by atoms with Gasteiger partial charge in [0.25, 0.3) is 0 Å². The van der Waals surface area contributed by atoms with Crippen LogP contribution in [0.5, 0.6) is 5.75 Å². The molecule has 1 aromatic heterocycles. The highest BCUT2D eigenvalue weighted by Gasteiger charge is 2.30. The number of aromatic amines is 1. The summed E-state index contributed by atoms with van der Waals surface area (Å²) in [4.78, 5) is 8.30. The lowest BCUT2D eigenvalue weighted by Crippen LogP contribution is -2.33. The van der Waals surface area contributed by atoms with Crippen molar-refractivity contribution in [1.29, 1.82) is 0 Å². The Hall–Kier alpha value is -3.05. The van der Waals surface area contributed by atoms with E-state index >= 15 is 0 Å². The summed E-state index contributed by atoms with van der Waals surface area (Å²) in [6.07, 6.45) is 8.32. The molecule has 3 heterocycles. The molecule has 1 aliphatic carbocycles. The van der Waals surface area contributed by atoms with E-state index in [9.17, 15) is 0 Å². The molecule has 0 unspecified atom stereocenters. The standard InChI is InChI=1S/C26H25ClN4O/c27-19-11-12-28-25-22-15-29-31-24(26(22)30-23(25)14-19)17-6-8-20(9-7-17)32-21-10-5-16-3-1-2-4-18(16)13-21/h1-5,10-11,13-14,17,20,29-30H,6-9,12,15H2. The van der Waals surface area contributed by atoms with Crippen molar-refractivity contribution in [2.45, 2.75) is 38.3 Å². The number of benzene rings is 2. The molecule has 0 radical (unpaired) electrons. The number of allylic oxidation sites excluding steroid dienone is 1. The molecule has 3 aromatic rings. The van der Waals surface area contributed by atoms with Crippen LogP contribution in [-0.4, -0.2) is 23.3 Å². The lowest BCUT2D eigenvalue weighted by molar-refractivity contribution is 0.145. The van der Waals surface area contributed by atoms with Crippen LogP contribution in [-0.2, 0) is 6.54 Å². The molecule has 0 amide bonds. The molecule has 1 fully saturated rings. The van der Waals surface area contributed by atoms with Gasteiger partial charge >= 0.3 is 0 Å². The summed E-state index contributed by atoms with van der Waals surface area (Å²) in [6, 6.07) is 14.8. The highest BCUT2D eigenvalue weighted by molar-refractivity contribution is 6.34. The Bertz CT molecular complexity index is 1360. The largest absolute Gasteiger partial charge is 0.490 e. The van der Waals surface area contributed by atoms with E-state index in [1.165, 1.54) is 16.3 Å². The number of rotatable bonds is 3. The molecular formula is C26H25ClN4O. The van der Waals surface area contributed by atoms with E-state index in [2.05, 4.69) is 52.9 Å². The Morgan fingerprint density at radius 1 is 1.00 bits per heavy atom. The minimum atomic E-state index is 0.247. The van der Waals surface area contributed by atoms with Crippen LogP contribution in [0.1, 0.15) is 36.9 Å². The second-order valence-electron chi connectivity index (χ2n) is 8.75. The average Bonchev–Trinajstić information content (AvgIpc) is 3.05. The van der Waals surface area contributed by atoms with E-state index in [0.29, 0.717) is 19.0 Å². The van der Waals surface area contributed by atoms with Gasteiger partial charge in [-0.2, -0.15) is 5.10 Å². The van der Waals surface area contributed by atoms with Gasteiger partial charge in [0.2, 0.25) is 0 Å². The smallest absolute Gasteiger partial charge is 0.120 e. The molecule has 162 valence electrons. The van der Waals surface area contributed by atoms with Crippen molar-refractivity contribution in [3.63, 3.8) is 0 Å². The Kier molecular flexibility index (Phi) is 4.99. The summed E-state index contributed by atoms with van der Waals surface area (Å²) >= 11 is 6.28. The van der Waals surface area contributed by atoms with Gasteiger partial charge in [-0.3, -0.25) is 4.99 Å². The number of nitrogens with zero attached hydrogens (tertiary/aromatic N) is 2. The highest BCUT2D eigenvalue weighted by atomic mass is 35.5. The van der Waals surface area contributed by atoms with Crippen LogP contribution in [0.4, 0.5) is 0 Å². The van der Waals surface area contributed by atoms with Crippen LogP contribution in [0, 0.1) is 5.92 Å². The number of aromatic nitrogens is 1. The number of H-pyrrole nitrogens is 1. The third-order valence-corrected chi connectivity index (χ3v) is 6.98. The van der Waals surface area contributed by atoms with Gasteiger partial charge in [-0.25, -0.2) is 0 Å². The van der Waals surface area contributed by atoms with Crippen LogP contribution in [0.15, 0.2) is 63.7 Å². The fraction of sp³-hybridized carbons (Fsp3) is 0.308. The number of hydrazone groups is 1. The third kappa shape index (κ3) is 3.61. The van der Waals surface area contributed by atoms with Crippen LogP contribution in [0.3, 0.4) is 0 Å². The molecular weight excluding hydrogens is 420 g/mol. The SMILES string of the molecule is ClC1=CCN=c2c3c([nH]c2=C1)C(C1CCC(Oc2ccc4ccccc4c2)CC1)=NNC3. The van der Waals surface area contributed by atoms with Crippen molar-refractivity contribution >= 4 is 34.2 Å². The minimum Gasteiger partial charge on any atom is -0.490 e. The average molecular weight is 445 g/mol. The molecule has 0 spiro atoms. The molecule has 0 saturated heterocycles. The van der Waals surface area contributed by atoms with E-state index in [-0.39, 0.29) is 6.10 Å². The lowest BCUT2D eigenvalue weighted by atomic mass is 9.82. The quantitative estimate of drug-likeness (QED) is 0.637. The summed E-state index contributed by atoms with van der Waals surface area (Å²) in [5, 5.41) is 9.90. The maximum Gasteiger partial charge on any atom is 0.120 e. The number of fused-ring (bicyclic) bond motifs is 4. The first kappa shape index (κ1) is 19.6. The monoisotopic (exact) mass is 444 g/mol. The van der Waals surface area contributed by atoms with Crippen molar-refractivity contribution in [3.05, 3.63) is 75.5 Å². The van der Waals surface area contributed by atoms with Gasteiger partial charge in [0, 0.05) is 16.5 Å². The second kappa shape index (κ2) is 8.14. The molecule has 32 heavy (non-hydrogen) atoms. The number of halogens is 1. The van der Waals surface area contributed by atoms with Crippen molar-refractivity contribution in [2.75, 3.05) is 6.54 Å². The van der Waals surface area contributed by atoms with Crippen molar-refractivity contribution in [2.24, 2.45) is 16.0 Å². The van der Waals surface area contributed by atoms with E-state index in [4.69, 9.17) is 26.4 Å². The Labute approximate surface area is 191 Å². The molecule has 3 aliphatic rings. The normalized spacial score (nSPS) is 22.3.